The van der Waals surface area contributed by atoms with Crippen LogP contribution >= 0.6 is 0 Å². The zero-order chi connectivity index (χ0) is 14.4. The number of aryl methyl sites for hydroxylation is 1. The van der Waals surface area contributed by atoms with Crippen LogP contribution < -0.4 is 11.3 Å². The first-order chi connectivity index (χ1) is 9.70. The number of hydrogen-bond acceptors (Lipinski definition) is 4. The highest BCUT2D eigenvalue weighted by molar-refractivity contribution is 5.14. The van der Waals surface area contributed by atoms with Crippen molar-refractivity contribution in [1.82, 2.24) is 15.2 Å². The molecule has 1 aliphatic rings. The molecule has 112 valence electrons. The van der Waals surface area contributed by atoms with Gasteiger partial charge in [0.15, 0.2) is 0 Å². The molecule has 0 bridgehead atoms. The lowest BCUT2D eigenvalue weighted by Crippen LogP contribution is -2.59. The van der Waals surface area contributed by atoms with Crippen molar-refractivity contribution in [3.63, 3.8) is 0 Å². The number of rotatable bonds is 6. The van der Waals surface area contributed by atoms with Crippen LogP contribution in [0.15, 0.2) is 30.3 Å². The third-order valence-corrected chi connectivity index (χ3v) is 4.40. The minimum atomic E-state index is 0.367. The Bertz CT molecular complexity index is 381. The van der Waals surface area contributed by atoms with Crippen LogP contribution in [0.3, 0.4) is 0 Å². The fourth-order valence-corrected chi connectivity index (χ4v) is 3.04. The lowest BCUT2D eigenvalue weighted by molar-refractivity contribution is 0.0847. The molecule has 1 heterocycles. The molecule has 3 N–H and O–H groups in total. The van der Waals surface area contributed by atoms with Gasteiger partial charge in [-0.15, -0.1) is 0 Å². The topological polar surface area (TPSA) is 44.5 Å². The molecule has 0 spiro atoms. The Morgan fingerprint density at radius 2 is 2.00 bits per heavy atom. The maximum atomic E-state index is 5.80. The monoisotopic (exact) mass is 276 g/mol. The predicted octanol–water partition coefficient (Wildman–Crippen LogP) is 1.09. The van der Waals surface area contributed by atoms with Crippen LogP contribution in [0, 0.1) is 0 Å². The van der Waals surface area contributed by atoms with E-state index in [4.69, 9.17) is 5.84 Å². The summed E-state index contributed by atoms with van der Waals surface area (Å²) < 4.78 is 0. The minimum absolute atomic E-state index is 0.367. The summed E-state index contributed by atoms with van der Waals surface area (Å²) in [7, 11) is 4.40. The normalized spacial score (nSPS) is 22.9. The van der Waals surface area contributed by atoms with Crippen molar-refractivity contribution in [2.24, 2.45) is 5.84 Å². The van der Waals surface area contributed by atoms with Crippen molar-refractivity contribution in [3.8, 4) is 0 Å². The van der Waals surface area contributed by atoms with Crippen molar-refractivity contribution >= 4 is 0 Å². The molecule has 0 aromatic heterocycles. The van der Waals surface area contributed by atoms with Crippen LogP contribution in [-0.4, -0.2) is 55.6 Å². The highest BCUT2D eigenvalue weighted by Crippen LogP contribution is 2.15. The molecule has 1 fully saturated rings. The first-order valence-electron chi connectivity index (χ1n) is 7.59. The van der Waals surface area contributed by atoms with Gasteiger partial charge in [0, 0.05) is 31.7 Å². The van der Waals surface area contributed by atoms with Gasteiger partial charge < -0.3 is 4.90 Å². The van der Waals surface area contributed by atoms with Gasteiger partial charge in [0.2, 0.25) is 0 Å². The van der Waals surface area contributed by atoms with Gasteiger partial charge in [-0.3, -0.25) is 16.2 Å². The number of piperazine rings is 1. The molecule has 4 heteroatoms. The van der Waals surface area contributed by atoms with E-state index in [0.29, 0.717) is 12.1 Å². The summed E-state index contributed by atoms with van der Waals surface area (Å²) in [4.78, 5) is 4.83. The molecule has 1 aromatic rings. The fourth-order valence-electron chi connectivity index (χ4n) is 3.04. The Labute approximate surface area is 122 Å². The summed E-state index contributed by atoms with van der Waals surface area (Å²) in [6, 6.07) is 11.6. The van der Waals surface area contributed by atoms with Crippen molar-refractivity contribution < 1.29 is 0 Å². The minimum Gasteiger partial charge on any atom is -0.303 e. The average molecular weight is 276 g/mol. The summed E-state index contributed by atoms with van der Waals surface area (Å²) in [6.07, 6.45) is 3.42. The van der Waals surface area contributed by atoms with Gasteiger partial charge in [0.25, 0.3) is 0 Å². The molecule has 1 aliphatic heterocycles. The maximum absolute atomic E-state index is 5.80. The molecule has 0 radical (unpaired) electrons. The number of benzene rings is 1. The van der Waals surface area contributed by atoms with E-state index in [0.717, 1.165) is 32.5 Å². The smallest absolute Gasteiger partial charge is 0.0387 e. The molecule has 0 aliphatic carbocycles. The van der Waals surface area contributed by atoms with Gasteiger partial charge in [-0.05, 0) is 38.9 Å². The van der Waals surface area contributed by atoms with Crippen LogP contribution in [0.1, 0.15) is 18.4 Å². The van der Waals surface area contributed by atoms with Crippen LogP contribution in [0.2, 0.25) is 0 Å². The molecule has 2 unspecified atom stereocenters. The van der Waals surface area contributed by atoms with E-state index in [1.165, 1.54) is 12.0 Å². The van der Waals surface area contributed by atoms with Gasteiger partial charge in [-0.2, -0.15) is 0 Å². The van der Waals surface area contributed by atoms with E-state index >= 15 is 0 Å². The first kappa shape index (κ1) is 15.4. The van der Waals surface area contributed by atoms with Gasteiger partial charge in [0.05, 0.1) is 0 Å². The Hall–Kier alpha value is -0.940. The van der Waals surface area contributed by atoms with Crippen molar-refractivity contribution in [3.05, 3.63) is 35.9 Å². The third kappa shape index (κ3) is 4.28. The number of hydrazine groups is 1. The van der Waals surface area contributed by atoms with E-state index in [1.807, 2.05) is 0 Å². The fraction of sp³-hybridized carbons (Fsp3) is 0.625. The van der Waals surface area contributed by atoms with Crippen LogP contribution in [-0.2, 0) is 6.42 Å². The number of nitrogens with zero attached hydrogens (tertiary/aromatic N) is 2. The summed E-state index contributed by atoms with van der Waals surface area (Å²) in [6.45, 7) is 3.36. The Kier molecular flexibility index (Phi) is 5.98. The second kappa shape index (κ2) is 7.74. The molecule has 20 heavy (non-hydrogen) atoms. The number of nitrogens with one attached hydrogen (secondary N) is 1. The number of nitrogens with two attached hydrogens (primary N) is 1. The average Bonchev–Trinajstić information content (AvgIpc) is 2.48. The molecule has 4 nitrogen and oxygen atoms in total. The number of likely N-dealkylation sites (N-methyl/N-ethyl adjacent to an activating group) is 2. The van der Waals surface area contributed by atoms with Crippen LogP contribution in [0.5, 0.6) is 0 Å². The SMILES string of the molecule is CN1CCN(C)C(C(CCCc2ccccc2)NN)C1. The van der Waals surface area contributed by atoms with E-state index in [1.54, 1.807) is 0 Å². The molecule has 1 saturated heterocycles. The standard InChI is InChI=1S/C16H28N4/c1-19-11-12-20(2)16(13-19)15(18-17)10-6-9-14-7-4-3-5-8-14/h3-5,7-8,15-16,18H,6,9-13,17H2,1-2H3. The zero-order valence-corrected chi connectivity index (χ0v) is 12.8. The largest absolute Gasteiger partial charge is 0.303 e. The quantitative estimate of drug-likeness (QED) is 0.603. The molecule has 2 atom stereocenters. The predicted molar refractivity (Wildman–Crippen MR) is 84.4 cm³/mol. The van der Waals surface area contributed by atoms with E-state index < -0.39 is 0 Å². The second-order valence-electron chi connectivity index (χ2n) is 5.96. The van der Waals surface area contributed by atoms with Gasteiger partial charge >= 0.3 is 0 Å². The molecule has 2 rings (SSSR count). The lowest BCUT2D eigenvalue weighted by atomic mass is 9.97. The van der Waals surface area contributed by atoms with Crippen LogP contribution in [0.4, 0.5) is 0 Å². The van der Waals surface area contributed by atoms with Crippen molar-refractivity contribution in [2.45, 2.75) is 31.3 Å². The highest BCUT2D eigenvalue weighted by atomic mass is 15.3. The summed E-state index contributed by atoms with van der Waals surface area (Å²) in [5, 5.41) is 0. The van der Waals surface area contributed by atoms with Gasteiger partial charge in [0.1, 0.15) is 0 Å². The van der Waals surface area contributed by atoms with Crippen molar-refractivity contribution in [1.29, 1.82) is 0 Å². The molecule has 0 amide bonds. The highest BCUT2D eigenvalue weighted by Gasteiger charge is 2.28. The lowest BCUT2D eigenvalue weighted by Gasteiger charge is -2.41. The third-order valence-electron chi connectivity index (χ3n) is 4.40. The van der Waals surface area contributed by atoms with E-state index in [-0.39, 0.29) is 0 Å². The summed E-state index contributed by atoms with van der Waals surface area (Å²) in [5.74, 6) is 5.80. The van der Waals surface area contributed by atoms with Gasteiger partial charge in [-0.1, -0.05) is 30.3 Å². The van der Waals surface area contributed by atoms with Gasteiger partial charge in [-0.25, -0.2) is 0 Å². The Balaban J connectivity index is 1.82. The molecular formula is C16H28N4. The second-order valence-corrected chi connectivity index (χ2v) is 5.96. The van der Waals surface area contributed by atoms with Crippen molar-refractivity contribution in [2.75, 3.05) is 33.7 Å². The van der Waals surface area contributed by atoms with E-state index in [9.17, 15) is 0 Å². The summed E-state index contributed by atoms with van der Waals surface area (Å²) in [5.41, 5.74) is 4.45. The Morgan fingerprint density at radius 3 is 2.70 bits per heavy atom. The van der Waals surface area contributed by atoms with Crippen LogP contribution in [0.25, 0.3) is 0 Å². The summed E-state index contributed by atoms with van der Waals surface area (Å²) >= 11 is 0. The molecule has 1 aromatic carbocycles. The Morgan fingerprint density at radius 1 is 1.25 bits per heavy atom. The zero-order valence-electron chi connectivity index (χ0n) is 12.8. The first-order valence-corrected chi connectivity index (χ1v) is 7.59. The maximum Gasteiger partial charge on any atom is 0.0387 e. The molecule has 0 saturated carbocycles. The van der Waals surface area contributed by atoms with E-state index in [2.05, 4.69) is 59.7 Å². The number of hydrogen-bond donors (Lipinski definition) is 2. The molecular weight excluding hydrogens is 248 g/mol.